The van der Waals surface area contributed by atoms with Crippen molar-refractivity contribution < 1.29 is 4.79 Å². The Bertz CT molecular complexity index is 394. The van der Waals surface area contributed by atoms with Crippen molar-refractivity contribution in [3.8, 4) is 0 Å². The summed E-state index contributed by atoms with van der Waals surface area (Å²) in [7, 11) is 0. The van der Waals surface area contributed by atoms with Crippen molar-refractivity contribution in [3.63, 3.8) is 0 Å². The highest BCUT2D eigenvalue weighted by atomic mass is 127. The lowest BCUT2D eigenvalue weighted by Crippen LogP contribution is -2.41. The largest absolute Gasteiger partial charge is 0.357 e. The first-order valence-corrected chi connectivity index (χ1v) is 8.99. The number of halogens is 1. The van der Waals surface area contributed by atoms with Gasteiger partial charge in [-0.2, -0.15) is 0 Å². The number of hydrogen-bond acceptors (Lipinski definition) is 2. The average Bonchev–Trinajstić information content (AvgIpc) is 3.15. The molecule has 0 unspecified atom stereocenters. The zero-order valence-electron chi connectivity index (χ0n) is 14.7. The van der Waals surface area contributed by atoms with E-state index in [0.29, 0.717) is 18.4 Å². The van der Waals surface area contributed by atoms with Crippen LogP contribution >= 0.6 is 24.0 Å². The quantitative estimate of drug-likeness (QED) is 0.383. The summed E-state index contributed by atoms with van der Waals surface area (Å²) >= 11 is 0. The van der Waals surface area contributed by atoms with E-state index in [-0.39, 0.29) is 29.9 Å². The minimum atomic E-state index is 0. The molecule has 2 N–H and O–H groups in total. The van der Waals surface area contributed by atoms with E-state index in [0.717, 1.165) is 38.6 Å². The van der Waals surface area contributed by atoms with Gasteiger partial charge in [0.1, 0.15) is 0 Å². The van der Waals surface area contributed by atoms with Gasteiger partial charge < -0.3 is 15.5 Å². The van der Waals surface area contributed by atoms with E-state index in [4.69, 9.17) is 0 Å². The second-order valence-electron chi connectivity index (χ2n) is 6.71. The zero-order chi connectivity index (χ0) is 15.8. The number of carbonyl (C=O) groups is 1. The van der Waals surface area contributed by atoms with Gasteiger partial charge in [-0.25, -0.2) is 0 Å². The van der Waals surface area contributed by atoms with Gasteiger partial charge in [-0.05, 0) is 38.0 Å². The minimum Gasteiger partial charge on any atom is -0.357 e. The van der Waals surface area contributed by atoms with Crippen LogP contribution in [0.25, 0.3) is 0 Å². The van der Waals surface area contributed by atoms with Crippen molar-refractivity contribution in [1.82, 2.24) is 15.5 Å². The molecule has 0 aromatic carbocycles. The molecular weight excluding hydrogens is 403 g/mol. The summed E-state index contributed by atoms with van der Waals surface area (Å²) in [5.74, 6) is 1.10. The normalized spacial score (nSPS) is 19.7. The number of guanidine groups is 1. The summed E-state index contributed by atoms with van der Waals surface area (Å²) in [6.45, 7) is 8.62. The smallest absolute Gasteiger partial charge is 0.221 e. The van der Waals surface area contributed by atoms with Gasteiger partial charge in [-0.3, -0.25) is 9.79 Å². The lowest BCUT2D eigenvalue weighted by atomic mass is 9.86. The van der Waals surface area contributed by atoms with E-state index in [1.165, 1.54) is 32.1 Å². The third-order valence-corrected chi connectivity index (χ3v) is 4.91. The highest BCUT2D eigenvalue weighted by Crippen LogP contribution is 2.45. The van der Waals surface area contributed by atoms with E-state index < -0.39 is 0 Å². The Labute approximate surface area is 158 Å². The van der Waals surface area contributed by atoms with Gasteiger partial charge in [-0.15, -0.1) is 24.0 Å². The van der Waals surface area contributed by atoms with Crippen molar-refractivity contribution in [2.24, 2.45) is 10.4 Å². The van der Waals surface area contributed by atoms with Gasteiger partial charge in [0.25, 0.3) is 0 Å². The van der Waals surface area contributed by atoms with Crippen molar-refractivity contribution in [2.45, 2.75) is 58.8 Å². The number of rotatable bonds is 6. The zero-order valence-corrected chi connectivity index (χ0v) is 17.0. The molecule has 0 bridgehead atoms. The number of amides is 1. The molecule has 1 saturated carbocycles. The molecule has 1 aliphatic carbocycles. The molecule has 2 rings (SSSR count). The number of likely N-dealkylation sites (tertiary alicyclic amines) is 1. The maximum absolute atomic E-state index is 11.7. The summed E-state index contributed by atoms with van der Waals surface area (Å²) in [5, 5.41) is 6.30. The average molecular weight is 436 g/mol. The van der Waals surface area contributed by atoms with E-state index >= 15 is 0 Å². The molecular formula is C17H33IN4O. The predicted octanol–water partition coefficient (Wildman–Crippen LogP) is 2.75. The molecule has 2 fully saturated rings. The van der Waals surface area contributed by atoms with Gasteiger partial charge in [-0.1, -0.05) is 19.8 Å². The second kappa shape index (κ2) is 10.4. The lowest BCUT2D eigenvalue weighted by molar-refractivity contribution is -0.120. The van der Waals surface area contributed by atoms with Crippen LogP contribution in [0.2, 0.25) is 0 Å². The number of hydrogen-bond donors (Lipinski definition) is 2. The Morgan fingerprint density at radius 1 is 1.17 bits per heavy atom. The van der Waals surface area contributed by atoms with Crippen LogP contribution in [0.4, 0.5) is 0 Å². The van der Waals surface area contributed by atoms with Crippen LogP contribution in [-0.2, 0) is 4.79 Å². The summed E-state index contributed by atoms with van der Waals surface area (Å²) in [4.78, 5) is 18.7. The van der Waals surface area contributed by atoms with Gasteiger partial charge in [0.05, 0.1) is 6.54 Å². The molecule has 6 heteroatoms. The van der Waals surface area contributed by atoms with E-state index in [1.54, 1.807) is 0 Å². The fraction of sp³-hybridized carbons (Fsp3) is 0.882. The van der Waals surface area contributed by atoms with E-state index in [1.807, 2.05) is 0 Å². The molecule has 1 heterocycles. The van der Waals surface area contributed by atoms with Crippen LogP contribution in [0.3, 0.4) is 0 Å². The van der Waals surface area contributed by atoms with Gasteiger partial charge >= 0.3 is 0 Å². The van der Waals surface area contributed by atoms with Crippen LogP contribution in [0.1, 0.15) is 58.8 Å². The summed E-state index contributed by atoms with van der Waals surface area (Å²) < 4.78 is 0. The second-order valence-corrected chi connectivity index (χ2v) is 6.71. The van der Waals surface area contributed by atoms with E-state index in [2.05, 4.69) is 34.4 Å². The molecule has 1 aliphatic heterocycles. The van der Waals surface area contributed by atoms with Crippen LogP contribution in [-0.4, -0.2) is 49.5 Å². The van der Waals surface area contributed by atoms with Crippen LogP contribution < -0.4 is 10.6 Å². The first-order chi connectivity index (χ1) is 10.7. The SMILES string of the molecule is CCCNC(=O)CCN=C(NCC)N1CCC2(CCCC2)C1.I. The first-order valence-electron chi connectivity index (χ1n) is 8.99. The Balaban J connectivity index is 0.00000264. The molecule has 0 aromatic heterocycles. The molecule has 23 heavy (non-hydrogen) atoms. The minimum absolute atomic E-state index is 0. The van der Waals surface area contributed by atoms with Crippen molar-refractivity contribution in [3.05, 3.63) is 0 Å². The standard InChI is InChI=1S/C17H32N4O.HI/c1-3-11-19-15(22)7-12-20-16(18-4-2)21-13-10-17(14-21)8-5-6-9-17;/h3-14H2,1-2H3,(H,18,20)(H,19,22);1H. The Kier molecular flexibility index (Phi) is 9.24. The van der Waals surface area contributed by atoms with Crippen molar-refractivity contribution in [2.75, 3.05) is 32.7 Å². The molecule has 1 saturated heterocycles. The number of carbonyl (C=O) groups excluding carboxylic acids is 1. The van der Waals surface area contributed by atoms with Crippen LogP contribution in [0.15, 0.2) is 4.99 Å². The summed E-state index contributed by atoms with van der Waals surface area (Å²) in [6.07, 6.45) is 8.29. The maximum atomic E-state index is 11.7. The Hall–Kier alpha value is -0.530. The lowest BCUT2D eigenvalue weighted by Gasteiger charge is -2.25. The molecule has 0 atom stereocenters. The topological polar surface area (TPSA) is 56.7 Å². The van der Waals surface area contributed by atoms with Crippen LogP contribution in [0.5, 0.6) is 0 Å². The maximum Gasteiger partial charge on any atom is 0.221 e. The fourth-order valence-corrected chi connectivity index (χ4v) is 3.69. The third-order valence-electron chi connectivity index (χ3n) is 4.91. The molecule has 5 nitrogen and oxygen atoms in total. The Morgan fingerprint density at radius 3 is 2.57 bits per heavy atom. The predicted molar refractivity (Wildman–Crippen MR) is 106 cm³/mol. The first kappa shape index (κ1) is 20.5. The number of nitrogens with one attached hydrogen (secondary N) is 2. The Morgan fingerprint density at radius 2 is 1.91 bits per heavy atom. The number of aliphatic imine (C=N–C) groups is 1. The highest BCUT2D eigenvalue weighted by Gasteiger charge is 2.41. The summed E-state index contributed by atoms with van der Waals surface area (Å²) in [5.41, 5.74) is 0.550. The fourth-order valence-electron chi connectivity index (χ4n) is 3.69. The molecule has 134 valence electrons. The summed E-state index contributed by atoms with van der Waals surface area (Å²) in [6, 6.07) is 0. The highest BCUT2D eigenvalue weighted by molar-refractivity contribution is 14.0. The molecule has 0 aromatic rings. The van der Waals surface area contributed by atoms with E-state index in [9.17, 15) is 4.79 Å². The monoisotopic (exact) mass is 436 g/mol. The van der Waals surface area contributed by atoms with Crippen LogP contribution in [0, 0.1) is 5.41 Å². The van der Waals surface area contributed by atoms with Crippen molar-refractivity contribution >= 4 is 35.8 Å². The number of nitrogens with zero attached hydrogens (tertiary/aromatic N) is 2. The molecule has 1 amide bonds. The van der Waals surface area contributed by atoms with Gasteiger partial charge in [0.15, 0.2) is 5.96 Å². The molecule has 1 spiro atoms. The molecule has 2 aliphatic rings. The third kappa shape index (κ3) is 6.12. The van der Waals surface area contributed by atoms with Crippen molar-refractivity contribution in [1.29, 1.82) is 0 Å². The molecule has 0 radical (unpaired) electrons. The van der Waals surface area contributed by atoms with Gasteiger partial charge in [0.2, 0.25) is 5.91 Å². The van der Waals surface area contributed by atoms with Gasteiger partial charge in [0, 0.05) is 32.6 Å².